The highest BCUT2D eigenvalue weighted by atomic mass is 19.1. The maximum atomic E-state index is 13.0. The predicted octanol–water partition coefficient (Wildman–Crippen LogP) is 2.80. The maximum absolute atomic E-state index is 13.0. The first-order valence-electron chi connectivity index (χ1n) is 8.56. The average molecular weight is 341 g/mol. The van der Waals surface area contributed by atoms with Crippen molar-refractivity contribution in [2.75, 3.05) is 36.5 Å². The van der Waals surface area contributed by atoms with Crippen LogP contribution in [0.5, 0.6) is 0 Å². The van der Waals surface area contributed by atoms with E-state index in [0.717, 1.165) is 36.6 Å². The Bertz CT molecular complexity index is 760. The van der Waals surface area contributed by atoms with Gasteiger partial charge in [-0.1, -0.05) is 12.1 Å². The molecule has 25 heavy (non-hydrogen) atoms. The fraction of sp³-hybridized carbons (Fsp3) is 0.368. The van der Waals surface area contributed by atoms with E-state index in [0.29, 0.717) is 13.2 Å². The summed E-state index contributed by atoms with van der Waals surface area (Å²) in [7, 11) is 0. The van der Waals surface area contributed by atoms with Crippen molar-refractivity contribution in [3.05, 3.63) is 54.0 Å². The SMILES string of the molecule is O=C(Nc1cccnc1N1CCOCC1)[C@H]1C[C@@H]1c1ccc(F)cc1. The molecule has 2 atom stereocenters. The van der Waals surface area contributed by atoms with Gasteiger partial charge in [0.25, 0.3) is 0 Å². The molecule has 2 aromatic rings. The molecule has 2 aliphatic rings. The van der Waals surface area contributed by atoms with Crippen molar-refractivity contribution in [1.29, 1.82) is 0 Å². The molecule has 1 amide bonds. The van der Waals surface area contributed by atoms with Crippen molar-refractivity contribution >= 4 is 17.4 Å². The van der Waals surface area contributed by atoms with Crippen LogP contribution in [0.4, 0.5) is 15.9 Å². The number of benzene rings is 1. The zero-order valence-corrected chi connectivity index (χ0v) is 13.8. The van der Waals surface area contributed by atoms with Gasteiger partial charge in [-0.2, -0.15) is 0 Å². The van der Waals surface area contributed by atoms with Gasteiger partial charge < -0.3 is 15.0 Å². The Morgan fingerprint density at radius 3 is 2.72 bits per heavy atom. The summed E-state index contributed by atoms with van der Waals surface area (Å²) >= 11 is 0. The zero-order valence-electron chi connectivity index (χ0n) is 13.8. The van der Waals surface area contributed by atoms with E-state index in [2.05, 4.69) is 15.2 Å². The van der Waals surface area contributed by atoms with Crippen molar-refractivity contribution in [1.82, 2.24) is 4.98 Å². The molecule has 0 radical (unpaired) electrons. The minimum Gasteiger partial charge on any atom is -0.378 e. The lowest BCUT2D eigenvalue weighted by atomic mass is 10.1. The molecule has 0 spiro atoms. The first-order chi connectivity index (χ1) is 12.2. The largest absolute Gasteiger partial charge is 0.378 e. The Labute approximate surface area is 145 Å². The second-order valence-corrected chi connectivity index (χ2v) is 6.46. The fourth-order valence-corrected chi connectivity index (χ4v) is 3.31. The van der Waals surface area contributed by atoms with Crippen molar-refractivity contribution in [2.45, 2.75) is 12.3 Å². The van der Waals surface area contributed by atoms with Gasteiger partial charge in [-0.25, -0.2) is 9.37 Å². The average Bonchev–Trinajstić information content (AvgIpc) is 3.44. The molecule has 1 N–H and O–H groups in total. The lowest BCUT2D eigenvalue weighted by Gasteiger charge is -2.29. The first-order valence-corrected chi connectivity index (χ1v) is 8.56. The van der Waals surface area contributed by atoms with Crippen LogP contribution in [0.15, 0.2) is 42.6 Å². The van der Waals surface area contributed by atoms with Crippen LogP contribution < -0.4 is 10.2 Å². The Hall–Kier alpha value is -2.47. The number of nitrogens with zero attached hydrogens (tertiary/aromatic N) is 2. The van der Waals surface area contributed by atoms with Gasteiger partial charge in [-0.15, -0.1) is 0 Å². The number of rotatable bonds is 4. The highest BCUT2D eigenvalue weighted by Crippen LogP contribution is 2.48. The van der Waals surface area contributed by atoms with Crippen molar-refractivity contribution < 1.29 is 13.9 Å². The molecule has 1 aromatic carbocycles. The van der Waals surface area contributed by atoms with E-state index >= 15 is 0 Å². The molecule has 2 fully saturated rings. The Balaban J connectivity index is 1.44. The molecule has 130 valence electrons. The van der Waals surface area contributed by atoms with E-state index in [-0.39, 0.29) is 23.6 Å². The van der Waals surface area contributed by atoms with Crippen LogP contribution >= 0.6 is 0 Å². The molecule has 1 aliphatic heterocycles. The van der Waals surface area contributed by atoms with Gasteiger partial charge in [0.2, 0.25) is 5.91 Å². The number of nitrogens with one attached hydrogen (secondary N) is 1. The number of halogens is 1. The summed E-state index contributed by atoms with van der Waals surface area (Å²) in [4.78, 5) is 19.2. The van der Waals surface area contributed by atoms with Gasteiger partial charge in [0.05, 0.1) is 18.9 Å². The summed E-state index contributed by atoms with van der Waals surface area (Å²) < 4.78 is 18.4. The highest BCUT2D eigenvalue weighted by Gasteiger charge is 2.44. The normalized spacial score (nSPS) is 22.5. The van der Waals surface area contributed by atoms with Crippen molar-refractivity contribution in [3.63, 3.8) is 0 Å². The van der Waals surface area contributed by atoms with Gasteiger partial charge in [0.15, 0.2) is 5.82 Å². The Morgan fingerprint density at radius 1 is 1.20 bits per heavy atom. The summed E-state index contributed by atoms with van der Waals surface area (Å²) in [5.74, 6) is 0.637. The highest BCUT2D eigenvalue weighted by molar-refractivity contribution is 5.97. The lowest BCUT2D eigenvalue weighted by molar-refractivity contribution is -0.117. The molecule has 2 heterocycles. The molecule has 1 aliphatic carbocycles. The van der Waals surface area contributed by atoms with Crippen LogP contribution in [0.1, 0.15) is 17.9 Å². The van der Waals surface area contributed by atoms with Crippen molar-refractivity contribution in [3.8, 4) is 0 Å². The number of carbonyl (C=O) groups excluding carboxylic acids is 1. The summed E-state index contributed by atoms with van der Waals surface area (Å²) in [5.41, 5.74) is 1.75. The fourth-order valence-electron chi connectivity index (χ4n) is 3.31. The molecule has 6 heteroatoms. The van der Waals surface area contributed by atoms with E-state index in [1.807, 2.05) is 12.1 Å². The number of hydrogen-bond acceptors (Lipinski definition) is 4. The van der Waals surface area contributed by atoms with Crippen LogP contribution in [-0.2, 0) is 9.53 Å². The standard InChI is InChI=1S/C19H20FN3O2/c20-14-5-3-13(4-6-14)15-12-16(15)19(24)22-17-2-1-7-21-18(17)23-8-10-25-11-9-23/h1-7,15-16H,8-12H2,(H,22,24)/t15-,16+/m1/s1. The monoisotopic (exact) mass is 341 g/mol. The van der Waals surface area contributed by atoms with Crippen LogP contribution in [0.25, 0.3) is 0 Å². The number of morpholine rings is 1. The molecule has 0 unspecified atom stereocenters. The van der Waals surface area contributed by atoms with Crippen molar-refractivity contribution in [2.24, 2.45) is 5.92 Å². The minimum absolute atomic E-state index is 0.00293. The maximum Gasteiger partial charge on any atom is 0.228 e. The number of hydrogen-bond donors (Lipinski definition) is 1. The van der Waals surface area contributed by atoms with Crippen LogP contribution in [0.3, 0.4) is 0 Å². The number of aromatic nitrogens is 1. The quantitative estimate of drug-likeness (QED) is 0.929. The van der Waals surface area contributed by atoms with E-state index in [4.69, 9.17) is 4.74 Å². The molecular weight excluding hydrogens is 321 g/mol. The molecule has 5 nitrogen and oxygen atoms in total. The van der Waals surface area contributed by atoms with Crippen LogP contribution in [-0.4, -0.2) is 37.2 Å². The number of amides is 1. The minimum atomic E-state index is -0.254. The number of carbonyl (C=O) groups is 1. The van der Waals surface area contributed by atoms with E-state index in [9.17, 15) is 9.18 Å². The molecule has 1 aromatic heterocycles. The van der Waals surface area contributed by atoms with Gasteiger partial charge in [-0.05, 0) is 42.2 Å². The first kappa shape index (κ1) is 16.0. The molecule has 1 saturated heterocycles. The number of ether oxygens (including phenoxy) is 1. The van der Waals surface area contributed by atoms with Crippen LogP contribution in [0.2, 0.25) is 0 Å². The third kappa shape index (κ3) is 3.49. The summed E-state index contributed by atoms with van der Waals surface area (Å²) in [6.45, 7) is 2.86. The second kappa shape index (κ2) is 6.80. The summed E-state index contributed by atoms with van der Waals surface area (Å²) in [6.07, 6.45) is 2.53. The summed E-state index contributed by atoms with van der Waals surface area (Å²) in [5, 5.41) is 3.02. The molecule has 4 rings (SSSR count). The van der Waals surface area contributed by atoms with E-state index < -0.39 is 0 Å². The number of pyridine rings is 1. The third-order valence-electron chi connectivity index (χ3n) is 4.78. The summed E-state index contributed by atoms with van der Waals surface area (Å²) in [6, 6.07) is 10.1. The Kier molecular flexibility index (Phi) is 4.36. The predicted molar refractivity (Wildman–Crippen MR) is 93.1 cm³/mol. The Morgan fingerprint density at radius 2 is 1.96 bits per heavy atom. The second-order valence-electron chi connectivity index (χ2n) is 6.46. The third-order valence-corrected chi connectivity index (χ3v) is 4.78. The smallest absolute Gasteiger partial charge is 0.228 e. The topological polar surface area (TPSA) is 54.5 Å². The van der Waals surface area contributed by atoms with Gasteiger partial charge >= 0.3 is 0 Å². The van der Waals surface area contributed by atoms with E-state index in [1.54, 1.807) is 18.3 Å². The van der Waals surface area contributed by atoms with Gasteiger partial charge in [0, 0.05) is 25.2 Å². The molecule has 1 saturated carbocycles. The van der Waals surface area contributed by atoms with Gasteiger partial charge in [0.1, 0.15) is 5.82 Å². The lowest BCUT2D eigenvalue weighted by Crippen LogP contribution is -2.37. The van der Waals surface area contributed by atoms with E-state index in [1.165, 1.54) is 12.1 Å². The van der Waals surface area contributed by atoms with Gasteiger partial charge in [-0.3, -0.25) is 4.79 Å². The molecule has 0 bridgehead atoms. The molecular formula is C19H20FN3O2. The van der Waals surface area contributed by atoms with Crippen LogP contribution in [0, 0.1) is 11.7 Å². The number of anilines is 2. The zero-order chi connectivity index (χ0) is 17.2.